The van der Waals surface area contributed by atoms with Gasteiger partial charge >= 0.3 is 0 Å². The minimum absolute atomic E-state index is 0.0622. The zero-order chi connectivity index (χ0) is 14.5. The number of halogens is 1. The number of amides is 2. The van der Waals surface area contributed by atoms with E-state index in [0.717, 1.165) is 28.6 Å². The Bertz CT molecular complexity index is 487. The van der Waals surface area contributed by atoms with E-state index < -0.39 is 0 Å². The first-order valence-electron chi connectivity index (χ1n) is 6.94. The summed E-state index contributed by atoms with van der Waals surface area (Å²) in [5.74, 6) is 0.237. The van der Waals surface area contributed by atoms with Gasteiger partial charge in [0, 0.05) is 41.7 Å². The molecule has 1 aliphatic rings. The van der Waals surface area contributed by atoms with Crippen LogP contribution in [0.1, 0.15) is 30.1 Å². The molecule has 0 saturated carbocycles. The normalized spacial score (nSPS) is 15.9. The molecule has 1 aromatic rings. The Labute approximate surface area is 133 Å². The van der Waals surface area contributed by atoms with Crippen LogP contribution in [0, 0.1) is 3.57 Å². The highest BCUT2D eigenvalue weighted by atomic mass is 127. The Morgan fingerprint density at radius 2 is 1.65 bits per heavy atom. The molecule has 1 heterocycles. The van der Waals surface area contributed by atoms with Crippen LogP contribution in [0.4, 0.5) is 0 Å². The Morgan fingerprint density at radius 3 is 2.30 bits per heavy atom. The molecular formula is C15H19IN2O2. The van der Waals surface area contributed by atoms with Crippen molar-refractivity contribution in [2.45, 2.75) is 19.8 Å². The minimum atomic E-state index is 0.0622. The summed E-state index contributed by atoms with van der Waals surface area (Å²) in [6, 6.07) is 7.62. The maximum atomic E-state index is 12.4. The lowest BCUT2D eigenvalue weighted by molar-refractivity contribution is -0.130. The quantitative estimate of drug-likeness (QED) is 0.733. The highest BCUT2D eigenvalue weighted by molar-refractivity contribution is 14.1. The van der Waals surface area contributed by atoms with Crippen molar-refractivity contribution in [3.63, 3.8) is 0 Å². The monoisotopic (exact) mass is 386 g/mol. The zero-order valence-corrected chi connectivity index (χ0v) is 13.8. The maximum absolute atomic E-state index is 12.4. The lowest BCUT2D eigenvalue weighted by atomic mass is 10.2. The van der Waals surface area contributed by atoms with Crippen molar-refractivity contribution in [2.75, 3.05) is 26.2 Å². The Morgan fingerprint density at radius 1 is 1.05 bits per heavy atom. The highest BCUT2D eigenvalue weighted by Crippen LogP contribution is 2.12. The van der Waals surface area contributed by atoms with Crippen molar-refractivity contribution < 1.29 is 9.59 Å². The summed E-state index contributed by atoms with van der Waals surface area (Å²) in [6.07, 6.45) is 1.38. The molecule has 1 aliphatic heterocycles. The van der Waals surface area contributed by atoms with Crippen molar-refractivity contribution >= 4 is 34.4 Å². The average molecular weight is 386 g/mol. The first-order chi connectivity index (χ1) is 9.61. The van der Waals surface area contributed by atoms with Gasteiger partial charge in [0.25, 0.3) is 5.91 Å². The van der Waals surface area contributed by atoms with Crippen molar-refractivity contribution in [3.05, 3.63) is 33.4 Å². The summed E-state index contributed by atoms with van der Waals surface area (Å²) in [4.78, 5) is 27.9. The molecule has 0 aromatic heterocycles. The van der Waals surface area contributed by atoms with Gasteiger partial charge < -0.3 is 9.80 Å². The fraction of sp³-hybridized carbons (Fsp3) is 0.467. The molecule has 0 spiro atoms. The first-order valence-corrected chi connectivity index (χ1v) is 8.02. The standard InChI is InChI=1S/C15H19IN2O2/c1-2-14(19)17-8-3-9-18(11-10-17)15(20)12-4-6-13(16)7-5-12/h4-7H,2-3,8-11H2,1H3. The molecule has 20 heavy (non-hydrogen) atoms. The van der Waals surface area contributed by atoms with Gasteiger partial charge in [-0.1, -0.05) is 6.92 Å². The van der Waals surface area contributed by atoms with E-state index in [1.54, 1.807) is 0 Å². The predicted molar refractivity (Wildman–Crippen MR) is 86.6 cm³/mol. The highest BCUT2D eigenvalue weighted by Gasteiger charge is 2.21. The maximum Gasteiger partial charge on any atom is 0.253 e. The third kappa shape index (κ3) is 3.71. The zero-order valence-electron chi connectivity index (χ0n) is 11.6. The van der Waals surface area contributed by atoms with Gasteiger partial charge in [-0.25, -0.2) is 0 Å². The van der Waals surface area contributed by atoms with Crippen molar-refractivity contribution in [1.29, 1.82) is 0 Å². The summed E-state index contributed by atoms with van der Waals surface area (Å²) in [7, 11) is 0. The molecule has 0 aliphatic carbocycles. The third-order valence-corrected chi connectivity index (χ3v) is 4.25. The van der Waals surface area contributed by atoms with Gasteiger partial charge in [0.15, 0.2) is 0 Å². The van der Waals surface area contributed by atoms with Gasteiger partial charge in [0.2, 0.25) is 5.91 Å². The summed E-state index contributed by atoms with van der Waals surface area (Å²) < 4.78 is 1.12. The molecule has 1 saturated heterocycles. The Hall–Kier alpha value is -1.11. The van der Waals surface area contributed by atoms with Crippen LogP contribution in [0.15, 0.2) is 24.3 Å². The summed E-state index contributed by atoms with van der Waals surface area (Å²) >= 11 is 2.23. The second-order valence-corrected chi connectivity index (χ2v) is 6.13. The number of benzene rings is 1. The van der Waals surface area contributed by atoms with E-state index in [0.29, 0.717) is 19.5 Å². The SMILES string of the molecule is CCC(=O)N1CCCN(C(=O)c2ccc(I)cc2)CC1. The van der Waals surface area contributed by atoms with Gasteiger partial charge in [-0.05, 0) is 53.3 Å². The molecule has 108 valence electrons. The molecule has 5 heteroatoms. The fourth-order valence-electron chi connectivity index (χ4n) is 2.37. The van der Waals surface area contributed by atoms with Crippen LogP contribution in [0.2, 0.25) is 0 Å². The molecule has 4 nitrogen and oxygen atoms in total. The van der Waals surface area contributed by atoms with Crippen LogP contribution < -0.4 is 0 Å². The first kappa shape index (κ1) is 15.3. The predicted octanol–water partition coefficient (Wildman–Crippen LogP) is 2.38. The number of rotatable bonds is 2. The molecule has 0 N–H and O–H groups in total. The third-order valence-electron chi connectivity index (χ3n) is 3.53. The topological polar surface area (TPSA) is 40.6 Å². The van der Waals surface area contributed by atoms with Crippen molar-refractivity contribution in [2.24, 2.45) is 0 Å². The van der Waals surface area contributed by atoms with E-state index in [1.807, 2.05) is 41.0 Å². The van der Waals surface area contributed by atoms with Crippen LogP contribution in [-0.4, -0.2) is 47.8 Å². The Balaban J connectivity index is 2.01. The van der Waals surface area contributed by atoms with E-state index in [-0.39, 0.29) is 11.8 Å². The largest absolute Gasteiger partial charge is 0.341 e. The van der Waals surface area contributed by atoms with Crippen molar-refractivity contribution in [1.82, 2.24) is 9.80 Å². The van der Waals surface area contributed by atoms with E-state index >= 15 is 0 Å². The summed E-state index contributed by atoms with van der Waals surface area (Å²) in [6.45, 7) is 4.61. The van der Waals surface area contributed by atoms with Crippen LogP contribution in [-0.2, 0) is 4.79 Å². The van der Waals surface area contributed by atoms with E-state index in [1.165, 1.54) is 0 Å². The van der Waals surface area contributed by atoms with E-state index in [4.69, 9.17) is 0 Å². The van der Waals surface area contributed by atoms with E-state index in [9.17, 15) is 9.59 Å². The van der Waals surface area contributed by atoms with Gasteiger partial charge in [-0.2, -0.15) is 0 Å². The number of hydrogen-bond acceptors (Lipinski definition) is 2. The molecule has 1 aromatic carbocycles. The fourth-order valence-corrected chi connectivity index (χ4v) is 2.73. The van der Waals surface area contributed by atoms with Crippen LogP contribution >= 0.6 is 22.6 Å². The van der Waals surface area contributed by atoms with Crippen LogP contribution in [0.25, 0.3) is 0 Å². The van der Waals surface area contributed by atoms with Gasteiger partial charge in [0.05, 0.1) is 0 Å². The molecule has 1 fully saturated rings. The number of carbonyl (C=O) groups is 2. The van der Waals surface area contributed by atoms with Crippen molar-refractivity contribution in [3.8, 4) is 0 Å². The average Bonchev–Trinajstić information content (AvgIpc) is 2.72. The number of hydrogen-bond donors (Lipinski definition) is 0. The Kier molecular flexibility index (Phi) is 5.39. The second kappa shape index (κ2) is 7.06. The van der Waals surface area contributed by atoms with Crippen LogP contribution in [0.3, 0.4) is 0 Å². The molecule has 0 bridgehead atoms. The smallest absolute Gasteiger partial charge is 0.253 e. The van der Waals surface area contributed by atoms with Gasteiger partial charge in [-0.3, -0.25) is 9.59 Å². The molecule has 0 atom stereocenters. The van der Waals surface area contributed by atoms with Crippen LogP contribution in [0.5, 0.6) is 0 Å². The molecule has 2 amide bonds. The molecular weight excluding hydrogens is 367 g/mol. The lowest BCUT2D eigenvalue weighted by Crippen LogP contribution is -2.37. The molecule has 0 radical (unpaired) electrons. The summed E-state index contributed by atoms with van der Waals surface area (Å²) in [5, 5.41) is 0. The lowest BCUT2D eigenvalue weighted by Gasteiger charge is -2.22. The van der Waals surface area contributed by atoms with Gasteiger partial charge in [-0.15, -0.1) is 0 Å². The summed E-state index contributed by atoms with van der Waals surface area (Å²) in [5.41, 5.74) is 0.723. The van der Waals surface area contributed by atoms with E-state index in [2.05, 4.69) is 22.6 Å². The molecule has 0 unspecified atom stereocenters. The minimum Gasteiger partial charge on any atom is -0.341 e. The molecule has 2 rings (SSSR count). The number of carbonyl (C=O) groups excluding carboxylic acids is 2. The van der Waals surface area contributed by atoms with Gasteiger partial charge in [0.1, 0.15) is 0 Å². The number of nitrogens with zero attached hydrogens (tertiary/aromatic N) is 2. The second-order valence-electron chi connectivity index (χ2n) is 4.89.